The molecule has 0 spiro atoms. The number of rotatable bonds is 5. The molecule has 1 fully saturated rings. The summed E-state index contributed by atoms with van der Waals surface area (Å²) in [6.45, 7) is -1.17. The molecule has 1 aromatic heterocycles. The lowest BCUT2D eigenvalue weighted by Crippen LogP contribution is -2.58. The Morgan fingerprint density at radius 3 is 2.74 bits per heavy atom. The highest BCUT2D eigenvalue weighted by Crippen LogP contribution is 2.31. The molecule has 0 unspecified atom stereocenters. The number of anilines is 3. The van der Waals surface area contributed by atoms with Crippen LogP contribution in [0.1, 0.15) is 15.9 Å². The zero-order chi connectivity index (χ0) is 19.6. The van der Waals surface area contributed by atoms with Gasteiger partial charge in [-0.05, 0) is 18.2 Å². The van der Waals surface area contributed by atoms with Crippen molar-refractivity contribution in [2.75, 3.05) is 37.9 Å². The average Bonchev–Trinajstić information content (AvgIpc) is 2.65. The number of nitrogens with zero attached hydrogens (tertiary/aromatic N) is 4. The van der Waals surface area contributed by atoms with Gasteiger partial charge in [0.2, 0.25) is 5.95 Å². The van der Waals surface area contributed by atoms with Gasteiger partial charge >= 0.3 is 0 Å². The SMILES string of the molecule is CNc1nc(Nc2ccc(C(=O)N3CC(F)(F)C3)cc2OC)ncc1C#N. The summed E-state index contributed by atoms with van der Waals surface area (Å²) in [6, 6.07) is 6.51. The number of hydrogen-bond acceptors (Lipinski definition) is 7. The Bertz CT molecular complexity index is 920. The second-order valence-electron chi connectivity index (χ2n) is 5.87. The molecule has 0 radical (unpaired) electrons. The molecule has 140 valence electrons. The number of hydrogen-bond donors (Lipinski definition) is 2. The molecule has 1 amide bonds. The van der Waals surface area contributed by atoms with Crippen LogP contribution in [0.4, 0.5) is 26.2 Å². The largest absolute Gasteiger partial charge is 0.495 e. The standard InChI is InChI=1S/C17H16F2N6O2/c1-21-14-11(6-20)7-22-16(24-14)23-12-4-3-10(5-13(12)27-2)15(26)25-8-17(18,19)9-25/h3-5,7H,8-9H2,1-2H3,(H2,21,22,23,24). The van der Waals surface area contributed by atoms with Crippen LogP contribution in [0, 0.1) is 11.3 Å². The predicted molar refractivity (Wildman–Crippen MR) is 93.4 cm³/mol. The monoisotopic (exact) mass is 374 g/mol. The zero-order valence-corrected chi connectivity index (χ0v) is 14.6. The Morgan fingerprint density at radius 1 is 1.41 bits per heavy atom. The zero-order valence-electron chi connectivity index (χ0n) is 14.6. The van der Waals surface area contributed by atoms with Gasteiger partial charge in [0.05, 0.1) is 32.1 Å². The van der Waals surface area contributed by atoms with Gasteiger partial charge in [0.15, 0.2) is 0 Å². The van der Waals surface area contributed by atoms with E-state index in [2.05, 4.69) is 20.6 Å². The van der Waals surface area contributed by atoms with E-state index in [0.717, 1.165) is 4.90 Å². The Labute approximate surface area is 153 Å². The van der Waals surface area contributed by atoms with Crippen LogP contribution in [-0.2, 0) is 0 Å². The van der Waals surface area contributed by atoms with Crippen LogP contribution in [-0.4, -0.2) is 53.9 Å². The number of likely N-dealkylation sites (tertiary alicyclic amines) is 1. The van der Waals surface area contributed by atoms with Crippen LogP contribution in [0.25, 0.3) is 0 Å². The minimum absolute atomic E-state index is 0.220. The summed E-state index contributed by atoms with van der Waals surface area (Å²) in [6.07, 6.45) is 1.37. The molecule has 3 rings (SSSR count). The predicted octanol–water partition coefficient (Wildman–Crippen LogP) is 2.23. The third-order valence-electron chi connectivity index (χ3n) is 3.97. The van der Waals surface area contributed by atoms with E-state index in [1.54, 1.807) is 13.1 Å². The summed E-state index contributed by atoms with van der Waals surface area (Å²) >= 11 is 0. The third-order valence-corrected chi connectivity index (χ3v) is 3.97. The number of methoxy groups -OCH3 is 1. The number of alkyl halides is 2. The van der Waals surface area contributed by atoms with Crippen LogP contribution >= 0.6 is 0 Å². The fourth-order valence-corrected chi connectivity index (χ4v) is 2.60. The van der Waals surface area contributed by atoms with E-state index < -0.39 is 24.9 Å². The molecule has 1 aliphatic rings. The van der Waals surface area contributed by atoms with E-state index in [0.29, 0.717) is 22.8 Å². The van der Waals surface area contributed by atoms with Crippen molar-refractivity contribution >= 4 is 23.4 Å². The van der Waals surface area contributed by atoms with Gasteiger partial charge in [0.25, 0.3) is 11.8 Å². The van der Waals surface area contributed by atoms with Crippen molar-refractivity contribution in [3.05, 3.63) is 35.5 Å². The first-order valence-electron chi connectivity index (χ1n) is 7.94. The molecule has 2 N–H and O–H groups in total. The quantitative estimate of drug-likeness (QED) is 0.827. The molecule has 1 aliphatic heterocycles. The molecule has 2 heterocycles. The van der Waals surface area contributed by atoms with Crippen molar-refractivity contribution < 1.29 is 18.3 Å². The molecule has 10 heteroatoms. The molecular formula is C17H16F2N6O2. The summed E-state index contributed by atoms with van der Waals surface area (Å²) in [7, 11) is 3.05. The van der Waals surface area contributed by atoms with Crippen molar-refractivity contribution in [2.45, 2.75) is 5.92 Å². The topological polar surface area (TPSA) is 103 Å². The average molecular weight is 374 g/mol. The molecular weight excluding hydrogens is 358 g/mol. The number of amides is 1. The summed E-state index contributed by atoms with van der Waals surface area (Å²) in [4.78, 5) is 21.6. The second kappa shape index (κ2) is 7.03. The molecule has 0 saturated carbocycles. The van der Waals surface area contributed by atoms with Crippen LogP contribution < -0.4 is 15.4 Å². The van der Waals surface area contributed by atoms with E-state index in [4.69, 9.17) is 10.00 Å². The van der Waals surface area contributed by atoms with E-state index in [-0.39, 0.29) is 11.5 Å². The summed E-state index contributed by atoms with van der Waals surface area (Å²) < 4.78 is 31.2. The maximum atomic E-state index is 13.0. The van der Waals surface area contributed by atoms with Gasteiger partial charge in [0, 0.05) is 12.6 Å². The molecule has 8 nitrogen and oxygen atoms in total. The summed E-state index contributed by atoms with van der Waals surface area (Å²) in [5, 5.41) is 14.7. The van der Waals surface area contributed by atoms with E-state index in [1.807, 2.05) is 6.07 Å². The molecule has 27 heavy (non-hydrogen) atoms. The Balaban J connectivity index is 1.81. The van der Waals surface area contributed by atoms with Crippen molar-refractivity contribution in [1.29, 1.82) is 5.26 Å². The smallest absolute Gasteiger partial charge is 0.282 e. The molecule has 0 bridgehead atoms. The van der Waals surface area contributed by atoms with Crippen LogP contribution in [0.2, 0.25) is 0 Å². The number of nitriles is 1. The first kappa shape index (κ1) is 18.3. The van der Waals surface area contributed by atoms with Gasteiger partial charge in [-0.15, -0.1) is 0 Å². The Hall–Kier alpha value is -3.48. The molecule has 0 aliphatic carbocycles. The molecule has 1 saturated heterocycles. The fourth-order valence-electron chi connectivity index (χ4n) is 2.60. The number of ether oxygens (including phenoxy) is 1. The van der Waals surface area contributed by atoms with E-state index in [1.165, 1.54) is 25.4 Å². The lowest BCUT2D eigenvalue weighted by Gasteiger charge is -2.38. The van der Waals surface area contributed by atoms with Gasteiger partial charge in [-0.1, -0.05) is 0 Å². The van der Waals surface area contributed by atoms with Crippen molar-refractivity contribution in [1.82, 2.24) is 14.9 Å². The third kappa shape index (κ3) is 3.72. The van der Waals surface area contributed by atoms with Gasteiger partial charge in [-0.2, -0.15) is 10.2 Å². The maximum Gasteiger partial charge on any atom is 0.282 e. The van der Waals surface area contributed by atoms with Crippen molar-refractivity contribution in [2.24, 2.45) is 0 Å². The number of halogens is 2. The van der Waals surface area contributed by atoms with E-state index in [9.17, 15) is 13.6 Å². The minimum atomic E-state index is -2.82. The van der Waals surface area contributed by atoms with E-state index >= 15 is 0 Å². The Morgan fingerprint density at radius 2 is 2.15 bits per heavy atom. The van der Waals surface area contributed by atoms with Gasteiger partial charge in [0.1, 0.15) is 23.2 Å². The summed E-state index contributed by atoms with van der Waals surface area (Å²) in [5.74, 6) is -2.40. The highest BCUT2D eigenvalue weighted by molar-refractivity contribution is 5.96. The van der Waals surface area contributed by atoms with Crippen LogP contribution in [0.3, 0.4) is 0 Å². The maximum absolute atomic E-state index is 13.0. The highest BCUT2D eigenvalue weighted by atomic mass is 19.3. The lowest BCUT2D eigenvalue weighted by molar-refractivity contribution is -0.113. The number of aromatic nitrogens is 2. The normalized spacial score (nSPS) is 14.7. The number of carbonyl (C=O) groups excluding carboxylic acids is 1. The number of benzene rings is 1. The van der Waals surface area contributed by atoms with Gasteiger partial charge in [-0.3, -0.25) is 4.79 Å². The summed E-state index contributed by atoms with van der Waals surface area (Å²) in [5.41, 5.74) is 1.02. The second-order valence-corrected chi connectivity index (χ2v) is 5.87. The van der Waals surface area contributed by atoms with Gasteiger partial charge in [-0.25, -0.2) is 13.8 Å². The molecule has 2 aromatic rings. The first-order valence-corrected chi connectivity index (χ1v) is 7.94. The Kier molecular flexibility index (Phi) is 4.77. The van der Waals surface area contributed by atoms with Crippen LogP contribution in [0.5, 0.6) is 5.75 Å². The van der Waals surface area contributed by atoms with Crippen molar-refractivity contribution in [3.63, 3.8) is 0 Å². The van der Waals surface area contributed by atoms with Gasteiger partial charge < -0.3 is 20.3 Å². The fraction of sp³-hybridized carbons (Fsp3) is 0.294. The lowest BCUT2D eigenvalue weighted by atomic mass is 10.1. The molecule has 1 aromatic carbocycles. The molecule has 0 atom stereocenters. The van der Waals surface area contributed by atoms with Crippen LogP contribution in [0.15, 0.2) is 24.4 Å². The number of nitrogens with one attached hydrogen (secondary N) is 2. The van der Waals surface area contributed by atoms with Crippen molar-refractivity contribution in [3.8, 4) is 11.8 Å². The number of carbonyl (C=O) groups is 1. The minimum Gasteiger partial charge on any atom is -0.495 e. The highest BCUT2D eigenvalue weighted by Gasteiger charge is 2.46. The first-order chi connectivity index (χ1) is 12.9.